The number of rotatable bonds is 5. The third-order valence-corrected chi connectivity index (χ3v) is 5.34. The maximum absolute atomic E-state index is 12.4. The number of esters is 1. The first kappa shape index (κ1) is 20.2. The highest BCUT2D eigenvalue weighted by atomic mass is 35.5. The van der Waals surface area contributed by atoms with Crippen molar-refractivity contribution < 1.29 is 18.7 Å². The molecule has 0 atom stereocenters. The number of ether oxygens (including phenoxy) is 2. The fraction of sp³-hybridized carbons (Fsp3) is 0.238. The minimum Gasteiger partial charge on any atom is -0.488 e. The van der Waals surface area contributed by atoms with Gasteiger partial charge in [0.2, 0.25) is 0 Å². The highest BCUT2D eigenvalue weighted by molar-refractivity contribution is 6.35. The summed E-state index contributed by atoms with van der Waals surface area (Å²) in [6.45, 7) is 3.75. The maximum atomic E-state index is 12.4. The third-order valence-electron chi connectivity index (χ3n) is 4.64. The molecule has 0 aliphatic carbocycles. The average molecular weight is 421 g/mol. The van der Waals surface area contributed by atoms with E-state index in [1.807, 2.05) is 0 Å². The molecule has 0 fully saturated rings. The fourth-order valence-electron chi connectivity index (χ4n) is 2.97. The number of benzene rings is 2. The number of methoxy groups -OCH3 is 1. The largest absolute Gasteiger partial charge is 0.488 e. The molecule has 5 nitrogen and oxygen atoms in total. The second-order valence-corrected chi connectivity index (χ2v) is 7.11. The second kappa shape index (κ2) is 8.25. The van der Waals surface area contributed by atoms with Crippen molar-refractivity contribution in [1.29, 1.82) is 0 Å². The van der Waals surface area contributed by atoms with Crippen molar-refractivity contribution in [1.82, 2.24) is 0 Å². The smallest absolute Gasteiger partial charge is 0.340 e. The van der Waals surface area contributed by atoms with Crippen LogP contribution in [0.4, 0.5) is 0 Å². The summed E-state index contributed by atoms with van der Waals surface area (Å²) in [7, 11) is 1.28. The van der Waals surface area contributed by atoms with Crippen molar-refractivity contribution in [2.45, 2.75) is 26.9 Å². The topological polar surface area (TPSA) is 65.7 Å². The normalized spacial score (nSPS) is 10.9. The second-order valence-electron chi connectivity index (χ2n) is 6.30. The summed E-state index contributed by atoms with van der Waals surface area (Å²) in [5.41, 5.74) is 2.17. The molecule has 146 valence electrons. The van der Waals surface area contributed by atoms with Crippen molar-refractivity contribution in [3.8, 4) is 5.75 Å². The van der Waals surface area contributed by atoms with E-state index in [9.17, 15) is 9.59 Å². The van der Waals surface area contributed by atoms with Crippen molar-refractivity contribution in [2.75, 3.05) is 7.11 Å². The molecule has 0 radical (unpaired) electrons. The van der Waals surface area contributed by atoms with Crippen LogP contribution in [-0.2, 0) is 22.6 Å². The van der Waals surface area contributed by atoms with E-state index < -0.39 is 11.6 Å². The number of hydrogen-bond donors (Lipinski definition) is 0. The monoisotopic (exact) mass is 420 g/mol. The van der Waals surface area contributed by atoms with E-state index in [1.165, 1.54) is 7.11 Å². The Balaban J connectivity index is 1.98. The molecule has 0 aliphatic heterocycles. The Kier molecular flexibility index (Phi) is 5.96. The summed E-state index contributed by atoms with van der Waals surface area (Å²) in [5, 5.41) is 1.76. The lowest BCUT2D eigenvalue weighted by Crippen LogP contribution is -2.16. The molecule has 0 saturated heterocycles. The van der Waals surface area contributed by atoms with Gasteiger partial charge in [0.05, 0.1) is 19.1 Å². The number of carbonyl (C=O) groups excluding carboxylic acids is 1. The van der Waals surface area contributed by atoms with Gasteiger partial charge in [0.1, 0.15) is 17.9 Å². The van der Waals surface area contributed by atoms with Gasteiger partial charge >= 0.3 is 11.6 Å². The van der Waals surface area contributed by atoms with Crippen LogP contribution in [0.3, 0.4) is 0 Å². The molecule has 2 aromatic carbocycles. The lowest BCUT2D eigenvalue weighted by Gasteiger charge is -2.14. The van der Waals surface area contributed by atoms with Crippen LogP contribution in [-0.4, -0.2) is 13.1 Å². The number of aryl methyl sites for hydroxylation is 2. The molecule has 1 aromatic heterocycles. The van der Waals surface area contributed by atoms with E-state index in [4.69, 9.17) is 32.4 Å². The summed E-state index contributed by atoms with van der Waals surface area (Å²) < 4.78 is 16.0. The zero-order valence-corrected chi connectivity index (χ0v) is 17.1. The van der Waals surface area contributed by atoms with Crippen molar-refractivity contribution in [3.05, 3.63) is 73.1 Å². The van der Waals surface area contributed by atoms with Crippen molar-refractivity contribution in [2.24, 2.45) is 0 Å². The van der Waals surface area contributed by atoms with E-state index in [0.29, 0.717) is 38.1 Å². The predicted molar refractivity (Wildman–Crippen MR) is 108 cm³/mol. The summed E-state index contributed by atoms with van der Waals surface area (Å²) in [6, 6.07) is 8.83. The highest BCUT2D eigenvalue weighted by Gasteiger charge is 2.18. The van der Waals surface area contributed by atoms with Gasteiger partial charge in [0.15, 0.2) is 0 Å². The quantitative estimate of drug-likeness (QED) is 0.428. The predicted octanol–water partition coefficient (Wildman–Crippen LogP) is 5.01. The van der Waals surface area contributed by atoms with Gasteiger partial charge in [-0.15, -0.1) is 0 Å². The van der Waals surface area contributed by atoms with Gasteiger partial charge < -0.3 is 13.9 Å². The van der Waals surface area contributed by atoms with Crippen molar-refractivity contribution >= 4 is 40.1 Å². The molecular weight excluding hydrogens is 403 g/mol. The first-order chi connectivity index (χ1) is 13.3. The molecule has 7 heteroatoms. The van der Waals surface area contributed by atoms with Crippen LogP contribution in [0.15, 0.2) is 39.5 Å². The molecule has 1 heterocycles. The molecule has 3 aromatic rings. The number of fused-ring (bicyclic) bond motifs is 1. The van der Waals surface area contributed by atoms with Crippen molar-refractivity contribution in [3.63, 3.8) is 0 Å². The molecule has 0 saturated carbocycles. The maximum Gasteiger partial charge on any atom is 0.340 e. The van der Waals surface area contributed by atoms with Gasteiger partial charge in [-0.25, -0.2) is 4.79 Å². The van der Waals surface area contributed by atoms with E-state index in [1.54, 1.807) is 44.2 Å². The van der Waals surface area contributed by atoms with Crippen LogP contribution < -0.4 is 10.4 Å². The van der Waals surface area contributed by atoms with Crippen LogP contribution in [0.5, 0.6) is 5.75 Å². The van der Waals surface area contributed by atoms with Crippen LogP contribution in [0.25, 0.3) is 11.0 Å². The molecule has 0 amide bonds. The van der Waals surface area contributed by atoms with Gasteiger partial charge in [-0.05, 0) is 43.7 Å². The molecule has 0 spiro atoms. The molecular formula is C21H18Cl2O5. The Morgan fingerprint density at radius 1 is 1.04 bits per heavy atom. The van der Waals surface area contributed by atoms with E-state index in [0.717, 1.165) is 5.39 Å². The van der Waals surface area contributed by atoms with Gasteiger partial charge in [-0.2, -0.15) is 0 Å². The first-order valence-corrected chi connectivity index (χ1v) is 9.27. The lowest BCUT2D eigenvalue weighted by molar-refractivity contribution is -0.139. The molecule has 0 N–H and O–H groups in total. The molecule has 0 aliphatic rings. The Bertz CT molecular complexity index is 1100. The Labute approximate surface area is 171 Å². The van der Waals surface area contributed by atoms with E-state index in [2.05, 4.69) is 4.74 Å². The average Bonchev–Trinajstić information content (AvgIpc) is 2.66. The molecule has 28 heavy (non-hydrogen) atoms. The highest BCUT2D eigenvalue weighted by Crippen LogP contribution is 2.31. The minimum absolute atomic E-state index is 0.136. The minimum atomic E-state index is -0.565. The number of hydrogen-bond acceptors (Lipinski definition) is 5. The zero-order chi connectivity index (χ0) is 20.4. The van der Waals surface area contributed by atoms with Gasteiger partial charge in [-0.1, -0.05) is 29.3 Å². The summed E-state index contributed by atoms with van der Waals surface area (Å²) >= 11 is 12.4. The molecule has 0 unspecified atom stereocenters. The van der Waals surface area contributed by atoms with Crippen LogP contribution in [0, 0.1) is 13.8 Å². The number of halogens is 2. The lowest BCUT2D eigenvalue weighted by atomic mass is 10.0. The fourth-order valence-corrected chi connectivity index (χ4v) is 3.47. The first-order valence-electron chi connectivity index (χ1n) is 8.51. The standard InChI is InChI=1S/C21H18Cl2O5/c1-11-13-7-8-18(27-10-15-16(22)5-4-6-17(15)23)12(2)20(13)28-21(25)14(11)9-19(24)26-3/h4-8H,9-10H2,1-3H3. The van der Waals surface area contributed by atoms with E-state index in [-0.39, 0.29) is 18.6 Å². The molecule has 0 bridgehead atoms. The summed E-state index contributed by atoms with van der Waals surface area (Å²) in [5.74, 6) is 0.0507. The third kappa shape index (κ3) is 3.86. The Hall–Kier alpha value is -2.50. The van der Waals surface area contributed by atoms with Crippen LogP contribution in [0.2, 0.25) is 10.0 Å². The van der Waals surface area contributed by atoms with Crippen LogP contribution >= 0.6 is 23.2 Å². The summed E-state index contributed by atoms with van der Waals surface area (Å²) in [4.78, 5) is 24.0. The number of carbonyl (C=O) groups is 1. The van der Waals surface area contributed by atoms with Gasteiger partial charge in [0, 0.05) is 26.6 Å². The van der Waals surface area contributed by atoms with Crippen LogP contribution in [0.1, 0.15) is 22.3 Å². The zero-order valence-electron chi connectivity index (χ0n) is 15.6. The summed E-state index contributed by atoms with van der Waals surface area (Å²) in [6.07, 6.45) is -0.136. The SMILES string of the molecule is COC(=O)Cc1c(C)c2ccc(OCc3c(Cl)cccc3Cl)c(C)c2oc1=O. The Morgan fingerprint density at radius 2 is 1.71 bits per heavy atom. The van der Waals surface area contributed by atoms with Gasteiger partial charge in [0.25, 0.3) is 0 Å². The van der Waals surface area contributed by atoms with E-state index >= 15 is 0 Å². The molecule has 3 rings (SSSR count). The Morgan fingerprint density at radius 3 is 2.36 bits per heavy atom. The van der Waals surface area contributed by atoms with Gasteiger partial charge in [-0.3, -0.25) is 4.79 Å².